The summed E-state index contributed by atoms with van der Waals surface area (Å²) in [6, 6.07) is 4.94. The Bertz CT molecular complexity index is 456. The van der Waals surface area contributed by atoms with Crippen molar-refractivity contribution in [2.24, 2.45) is 0 Å². The Balaban J connectivity index is 2.61. The Hall–Kier alpha value is -1.43. The summed E-state index contributed by atoms with van der Waals surface area (Å²) >= 11 is 0. The van der Waals surface area contributed by atoms with Gasteiger partial charge in [0.25, 0.3) is 0 Å². The molecule has 5 nitrogen and oxygen atoms in total. The first-order valence-electron chi connectivity index (χ1n) is 4.66. The molecule has 0 aromatic heterocycles. The number of sulfone groups is 1. The quantitative estimate of drug-likeness (QED) is 0.772. The van der Waals surface area contributed by atoms with Crippen LogP contribution in [0.15, 0.2) is 18.2 Å². The van der Waals surface area contributed by atoms with Crippen LogP contribution in [0.3, 0.4) is 0 Å². The second kappa shape index (κ2) is 5.07. The van der Waals surface area contributed by atoms with E-state index in [1.165, 1.54) is 13.4 Å². The molecule has 0 radical (unpaired) electrons. The molecule has 0 fully saturated rings. The zero-order valence-corrected chi connectivity index (χ0v) is 10.1. The number of ether oxygens (including phenoxy) is 2. The van der Waals surface area contributed by atoms with Gasteiger partial charge in [-0.3, -0.25) is 0 Å². The molecule has 0 bridgehead atoms. The minimum absolute atomic E-state index is 0.0142. The van der Waals surface area contributed by atoms with Gasteiger partial charge >= 0.3 is 0 Å². The zero-order chi connectivity index (χ0) is 12.2. The van der Waals surface area contributed by atoms with Gasteiger partial charge in [0.05, 0.1) is 18.6 Å². The molecular formula is C10H15NO4S. The van der Waals surface area contributed by atoms with Crippen molar-refractivity contribution in [3.05, 3.63) is 18.2 Å². The van der Waals surface area contributed by atoms with Crippen LogP contribution in [-0.4, -0.2) is 34.1 Å². The van der Waals surface area contributed by atoms with Gasteiger partial charge in [-0.1, -0.05) is 0 Å². The van der Waals surface area contributed by atoms with E-state index in [0.29, 0.717) is 17.2 Å². The number of methoxy groups -OCH3 is 1. The Morgan fingerprint density at radius 2 is 2.06 bits per heavy atom. The van der Waals surface area contributed by atoms with E-state index in [1.54, 1.807) is 18.2 Å². The van der Waals surface area contributed by atoms with Gasteiger partial charge in [0.2, 0.25) is 0 Å². The first-order valence-corrected chi connectivity index (χ1v) is 6.72. The second-order valence-electron chi connectivity index (χ2n) is 3.38. The van der Waals surface area contributed by atoms with E-state index in [1.807, 2.05) is 0 Å². The fourth-order valence-corrected chi connectivity index (χ4v) is 1.48. The number of rotatable bonds is 5. The van der Waals surface area contributed by atoms with E-state index in [-0.39, 0.29) is 12.4 Å². The fraction of sp³-hybridized carbons (Fsp3) is 0.400. The molecule has 0 aliphatic carbocycles. The van der Waals surface area contributed by atoms with E-state index in [2.05, 4.69) is 0 Å². The van der Waals surface area contributed by atoms with Gasteiger partial charge in [-0.15, -0.1) is 0 Å². The van der Waals surface area contributed by atoms with Gasteiger partial charge < -0.3 is 15.2 Å². The predicted molar refractivity (Wildman–Crippen MR) is 62.6 cm³/mol. The largest absolute Gasteiger partial charge is 0.494 e. The predicted octanol–water partition coefficient (Wildman–Crippen LogP) is 0.701. The smallest absolute Gasteiger partial charge is 0.150 e. The van der Waals surface area contributed by atoms with Crippen molar-refractivity contribution in [3.63, 3.8) is 0 Å². The molecule has 1 aromatic carbocycles. The van der Waals surface area contributed by atoms with Crippen LogP contribution < -0.4 is 15.2 Å². The highest BCUT2D eigenvalue weighted by Crippen LogP contribution is 2.26. The maximum absolute atomic E-state index is 10.9. The molecular weight excluding hydrogens is 230 g/mol. The second-order valence-corrected chi connectivity index (χ2v) is 5.64. The molecule has 0 amide bonds. The lowest BCUT2D eigenvalue weighted by Crippen LogP contribution is -2.12. The van der Waals surface area contributed by atoms with Crippen LogP contribution in [-0.2, 0) is 9.84 Å². The molecule has 1 rings (SSSR count). The Morgan fingerprint density at radius 1 is 1.38 bits per heavy atom. The summed E-state index contributed by atoms with van der Waals surface area (Å²) in [6.45, 7) is 0.117. The number of nitrogens with two attached hydrogens (primary N) is 1. The highest BCUT2D eigenvalue weighted by atomic mass is 32.2. The highest BCUT2D eigenvalue weighted by molar-refractivity contribution is 7.90. The minimum Gasteiger partial charge on any atom is -0.494 e. The summed E-state index contributed by atoms with van der Waals surface area (Å²) in [4.78, 5) is 0. The molecule has 0 aliphatic rings. The van der Waals surface area contributed by atoms with E-state index >= 15 is 0 Å². The standard InChI is InChI=1S/C10H15NO4S/c1-14-10-7-8(3-4-9(10)11)15-5-6-16(2,12)13/h3-4,7H,5-6,11H2,1-2H3. The van der Waals surface area contributed by atoms with E-state index in [4.69, 9.17) is 15.2 Å². The molecule has 0 aliphatic heterocycles. The number of anilines is 1. The number of benzene rings is 1. The van der Waals surface area contributed by atoms with Crippen LogP contribution in [0.2, 0.25) is 0 Å². The molecule has 1 aromatic rings. The first-order chi connectivity index (χ1) is 7.42. The van der Waals surface area contributed by atoms with Gasteiger partial charge in [-0.25, -0.2) is 8.42 Å². The first kappa shape index (κ1) is 12.6. The molecule has 2 N–H and O–H groups in total. The Kier molecular flexibility index (Phi) is 4.00. The molecule has 6 heteroatoms. The molecule has 0 heterocycles. The number of hydrogen-bond donors (Lipinski definition) is 1. The highest BCUT2D eigenvalue weighted by Gasteiger charge is 2.04. The maximum Gasteiger partial charge on any atom is 0.150 e. The van der Waals surface area contributed by atoms with Crippen molar-refractivity contribution in [1.82, 2.24) is 0 Å². The van der Waals surface area contributed by atoms with Crippen LogP contribution >= 0.6 is 0 Å². The van der Waals surface area contributed by atoms with Crippen molar-refractivity contribution in [2.45, 2.75) is 0 Å². The van der Waals surface area contributed by atoms with Crippen molar-refractivity contribution in [2.75, 3.05) is 31.5 Å². The van der Waals surface area contributed by atoms with E-state index < -0.39 is 9.84 Å². The van der Waals surface area contributed by atoms with Crippen molar-refractivity contribution in [1.29, 1.82) is 0 Å². The third-order valence-electron chi connectivity index (χ3n) is 1.93. The summed E-state index contributed by atoms with van der Waals surface area (Å²) in [7, 11) is -1.49. The summed E-state index contributed by atoms with van der Waals surface area (Å²) in [5.74, 6) is 1.03. The van der Waals surface area contributed by atoms with Gasteiger partial charge in [-0.05, 0) is 12.1 Å². The Labute approximate surface area is 95.1 Å². The monoisotopic (exact) mass is 245 g/mol. The minimum atomic E-state index is -3.00. The van der Waals surface area contributed by atoms with Gasteiger partial charge in [0, 0.05) is 12.3 Å². The van der Waals surface area contributed by atoms with Crippen molar-refractivity contribution < 1.29 is 17.9 Å². The average molecular weight is 245 g/mol. The van der Waals surface area contributed by atoms with Gasteiger partial charge in [0.1, 0.15) is 18.1 Å². The molecule has 0 spiro atoms. The van der Waals surface area contributed by atoms with Crippen LogP contribution in [0.4, 0.5) is 5.69 Å². The molecule has 16 heavy (non-hydrogen) atoms. The molecule has 0 unspecified atom stereocenters. The third kappa shape index (κ3) is 3.98. The summed E-state index contributed by atoms with van der Waals surface area (Å²) in [5, 5.41) is 0. The molecule has 0 saturated heterocycles. The SMILES string of the molecule is COc1cc(OCCS(C)(=O)=O)ccc1N. The van der Waals surface area contributed by atoms with Crippen LogP contribution in [0.1, 0.15) is 0 Å². The van der Waals surface area contributed by atoms with Crippen molar-refractivity contribution in [3.8, 4) is 11.5 Å². The van der Waals surface area contributed by atoms with Gasteiger partial charge in [0.15, 0.2) is 9.84 Å². The summed E-state index contributed by atoms with van der Waals surface area (Å²) < 4.78 is 32.0. The number of hydrogen-bond acceptors (Lipinski definition) is 5. The fourth-order valence-electron chi connectivity index (χ4n) is 1.09. The maximum atomic E-state index is 10.9. The lowest BCUT2D eigenvalue weighted by Gasteiger charge is -2.08. The van der Waals surface area contributed by atoms with Crippen LogP contribution in [0.25, 0.3) is 0 Å². The normalized spacial score (nSPS) is 11.1. The lowest BCUT2D eigenvalue weighted by atomic mass is 10.3. The third-order valence-corrected chi connectivity index (χ3v) is 2.84. The molecule has 90 valence electrons. The van der Waals surface area contributed by atoms with Gasteiger partial charge in [-0.2, -0.15) is 0 Å². The van der Waals surface area contributed by atoms with Crippen LogP contribution in [0.5, 0.6) is 11.5 Å². The lowest BCUT2D eigenvalue weighted by molar-refractivity contribution is 0.337. The summed E-state index contributed by atoms with van der Waals surface area (Å²) in [6.07, 6.45) is 1.17. The molecule has 0 saturated carbocycles. The topological polar surface area (TPSA) is 78.6 Å². The zero-order valence-electron chi connectivity index (χ0n) is 9.26. The Morgan fingerprint density at radius 3 is 2.62 bits per heavy atom. The van der Waals surface area contributed by atoms with Crippen LogP contribution in [0, 0.1) is 0 Å². The van der Waals surface area contributed by atoms with E-state index in [9.17, 15) is 8.42 Å². The average Bonchev–Trinajstić information content (AvgIpc) is 2.18. The molecule has 0 atom stereocenters. The van der Waals surface area contributed by atoms with Crippen molar-refractivity contribution >= 4 is 15.5 Å². The summed E-state index contributed by atoms with van der Waals surface area (Å²) in [5.41, 5.74) is 6.13. The van der Waals surface area contributed by atoms with E-state index in [0.717, 1.165) is 0 Å². The number of nitrogen functional groups attached to an aromatic ring is 1.